The van der Waals surface area contributed by atoms with Crippen LogP contribution in [0.25, 0.3) is 0 Å². The Balaban J connectivity index is 1.81. The van der Waals surface area contributed by atoms with Crippen LogP contribution in [0.1, 0.15) is 36.0 Å². The summed E-state index contributed by atoms with van der Waals surface area (Å²) in [5.74, 6) is 0.978. The number of thiol groups is 1. The van der Waals surface area contributed by atoms with Gasteiger partial charge in [-0.15, -0.1) is 0 Å². The van der Waals surface area contributed by atoms with Gasteiger partial charge in [-0.05, 0) is 74.1 Å². The van der Waals surface area contributed by atoms with Crippen molar-refractivity contribution >= 4 is 12.6 Å². The van der Waals surface area contributed by atoms with Gasteiger partial charge in [-0.1, -0.05) is 18.2 Å². The normalized spacial score (nSPS) is 14.6. The number of hydrogen-bond acceptors (Lipinski definition) is 2. The maximum absolute atomic E-state index is 4.21. The summed E-state index contributed by atoms with van der Waals surface area (Å²) in [4.78, 5) is 0. The van der Waals surface area contributed by atoms with Crippen LogP contribution in [0.4, 0.5) is 0 Å². The summed E-state index contributed by atoms with van der Waals surface area (Å²) in [6, 6.07) is 7.08. The van der Waals surface area contributed by atoms with Gasteiger partial charge in [0.05, 0.1) is 0 Å². The zero-order chi connectivity index (χ0) is 11.9. The van der Waals surface area contributed by atoms with Gasteiger partial charge < -0.3 is 5.32 Å². The van der Waals surface area contributed by atoms with Crippen LogP contribution in [0.3, 0.4) is 0 Å². The van der Waals surface area contributed by atoms with Gasteiger partial charge in [0.1, 0.15) is 0 Å². The molecule has 0 bridgehead atoms. The minimum absolute atomic E-state index is 0.978. The van der Waals surface area contributed by atoms with Crippen molar-refractivity contribution in [2.24, 2.45) is 0 Å². The lowest BCUT2D eigenvalue weighted by Gasteiger charge is -2.16. The monoisotopic (exact) mass is 249 g/mol. The summed E-state index contributed by atoms with van der Waals surface area (Å²) in [7, 11) is 0. The van der Waals surface area contributed by atoms with Crippen LogP contribution in [0.15, 0.2) is 18.2 Å². The molecule has 1 aliphatic rings. The lowest BCUT2D eigenvalue weighted by molar-refractivity contribution is 0.668. The summed E-state index contributed by atoms with van der Waals surface area (Å²) >= 11 is 4.21. The SMILES string of the molecule is SCCCNCCc1ccc2c(c1)CCCC2. The van der Waals surface area contributed by atoms with Gasteiger partial charge >= 0.3 is 0 Å². The number of hydrogen-bond donors (Lipinski definition) is 2. The largest absolute Gasteiger partial charge is 0.316 e. The molecule has 1 aromatic rings. The molecule has 0 aliphatic heterocycles. The molecular formula is C15H23NS. The quantitative estimate of drug-likeness (QED) is 0.583. The van der Waals surface area contributed by atoms with Crippen LogP contribution in [0, 0.1) is 0 Å². The van der Waals surface area contributed by atoms with E-state index in [2.05, 4.69) is 36.1 Å². The maximum atomic E-state index is 4.21. The van der Waals surface area contributed by atoms with E-state index in [0.29, 0.717) is 0 Å². The summed E-state index contributed by atoms with van der Waals surface area (Å²) in [5.41, 5.74) is 4.68. The summed E-state index contributed by atoms with van der Waals surface area (Å²) in [6.45, 7) is 2.18. The highest BCUT2D eigenvalue weighted by atomic mass is 32.1. The molecule has 1 nitrogen and oxygen atoms in total. The second kappa shape index (κ2) is 7.07. The van der Waals surface area contributed by atoms with E-state index in [4.69, 9.17) is 0 Å². The zero-order valence-corrected chi connectivity index (χ0v) is 11.4. The fourth-order valence-corrected chi connectivity index (χ4v) is 2.66. The van der Waals surface area contributed by atoms with Crippen molar-refractivity contribution in [3.05, 3.63) is 34.9 Å². The standard InChI is InChI=1S/C15H23NS/c17-11-3-9-16-10-8-13-6-7-14-4-1-2-5-15(14)12-13/h6-7,12,16-17H,1-5,8-11H2. The van der Waals surface area contributed by atoms with Crippen molar-refractivity contribution in [1.82, 2.24) is 5.32 Å². The van der Waals surface area contributed by atoms with Crippen molar-refractivity contribution in [2.45, 2.75) is 38.5 Å². The van der Waals surface area contributed by atoms with Gasteiger partial charge in [0, 0.05) is 0 Å². The third-order valence-electron chi connectivity index (χ3n) is 3.52. The Morgan fingerprint density at radius 3 is 2.71 bits per heavy atom. The van der Waals surface area contributed by atoms with Gasteiger partial charge in [-0.2, -0.15) is 12.6 Å². The first-order valence-electron chi connectivity index (χ1n) is 6.82. The molecule has 94 valence electrons. The molecule has 2 rings (SSSR count). The molecule has 0 atom stereocenters. The molecule has 0 aromatic heterocycles. The highest BCUT2D eigenvalue weighted by molar-refractivity contribution is 7.80. The predicted octanol–water partition coefficient (Wildman–Crippen LogP) is 3.02. The molecule has 0 fully saturated rings. The highest BCUT2D eigenvalue weighted by Gasteiger charge is 2.08. The van der Waals surface area contributed by atoms with Crippen LogP contribution in [0.2, 0.25) is 0 Å². The maximum Gasteiger partial charge on any atom is -0.000834 e. The van der Waals surface area contributed by atoms with Crippen LogP contribution in [0.5, 0.6) is 0 Å². The van der Waals surface area contributed by atoms with Crippen molar-refractivity contribution in [2.75, 3.05) is 18.8 Å². The predicted molar refractivity (Wildman–Crippen MR) is 78.1 cm³/mol. The Bertz CT molecular complexity index is 349. The average Bonchev–Trinajstić information content (AvgIpc) is 2.38. The Morgan fingerprint density at radius 2 is 1.88 bits per heavy atom. The molecule has 0 saturated carbocycles. The smallest absolute Gasteiger partial charge is 0.000834 e. The molecule has 1 aliphatic carbocycles. The first kappa shape index (κ1) is 13.0. The third-order valence-corrected chi connectivity index (χ3v) is 3.83. The van der Waals surface area contributed by atoms with Gasteiger partial charge in [-0.3, -0.25) is 0 Å². The molecule has 0 heterocycles. The molecule has 0 amide bonds. The van der Waals surface area contributed by atoms with Crippen molar-refractivity contribution in [3.8, 4) is 0 Å². The minimum atomic E-state index is 0.978. The van der Waals surface area contributed by atoms with Crippen molar-refractivity contribution in [3.63, 3.8) is 0 Å². The van der Waals surface area contributed by atoms with Crippen LogP contribution >= 0.6 is 12.6 Å². The van der Waals surface area contributed by atoms with E-state index in [-0.39, 0.29) is 0 Å². The fraction of sp³-hybridized carbons (Fsp3) is 0.600. The van der Waals surface area contributed by atoms with Crippen molar-refractivity contribution in [1.29, 1.82) is 0 Å². The molecule has 0 spiro atoms. The van der Waals surface area contributed by atoms with E-state index in [9.17, 15) is 0 Å². The Kier molecular flexibility index (Phi) is 5.40. The first-order valence-corrected chi connectivity index (χ1v) is 7.45. The Hall–Kier alpha value is -0.470. The van der Waals surface area contributed by atoms with Gasteiger partial charge in [0.25, 0.3) is 0 Å². The van der Waals surface area contributed by atoms with Crippen LogP contribution < -0.4 is 5.32 Å². The summed E-state index contributed by atoms with van der Waals surface area (Å²) in [5, 5.41) is 3.47. The molecule has 0 saturated heterocycles. The number of nitrogens with one attached hydrogen (secondary N) is 1. The van der Waals surface area contributed by atoms with Gasteiger partial charge in [0.15, 0.2) is 0 Å². The topological polar surface area (TPSA) is 12.0 Å². The molecule has 1 aromatic carbocycles. The van der Waals surface area contributed by atoms with Gasteiger partial charge in [0.2, 0.25) is 0 Å². The number of aryl methyl sites for hydroxylation is 2. The van der Waals surface area contributed by atoms with Crippen LogP contribution in [-0.2, 0) is 19.3 Å². The van der Waals surface area contributed by atoms with E-state index in [1.807, 2.05) is 0 Å². The molecule has 17 heavy (non-hydrogen) atoms. The van der Waals surface area contributed by atoms with E-state index >= 15 is 0 Å². The van der Waals surface area contributed by atoms with Gasteiger partial charge in [-0.25, -0.2) is 0 Å². The Morgan fingerprint density at radius 1 is 1.06 bits per heavy atom. The summed E-state index contributed by atoms with van der Waals surface area (Å²) in [6.07, 6.45) is 7.63. The number of benzene rings is 1. The van der Waals surface area contributed by atoms with E-state index < -0.39 is 0 Å². The van der Waals surface area contributed by atoms with E-state index in [0.717, 1.165) is 31.7 Å². The summed E-state index contributed by atoms with van der Waals surface area (Å²) < 4.78 is 0. The molecule has 2 heteroatoms. The number of rotatable bonds is 6. The lowest BCUT2D eigenvalue weighted by Crippen LogP contribution is -2.19. The van der Waals surface area contributed by atoms with Crippen LogP contribution in [-0.4, -0.2) is 18.8 Å². The molecule has 1 N–H and O–H groups in total. The second-order valence-corrected chi connectivity index (χ2v) is 5.33. The minimum Gasteiger partial charge on any atom is -0.316 e. The molecule has 0 unspecified atom stereocenters. The zero-order valence-electron chi connectivity index (χ0n) is 10.5. The van der Waals surface area contributed by atoms with E-state index in [1.54, 1.807) is 11.1 Å². The second-order valence-electron chi connectivity index (χ2n) is 4.89. The number of fused-ring (bicyclic) bond motifs is 1. The highest BCUT2D eigenvalue weighted by Crippen LogP contribution is 2.22. The molecule has 0 radical (unpaired) electrons. The lowest BCUT2D eigenvalue weighted by atomic mass is 9.90. The third kappa shape index (κ3) is 4.04. The fourth-order valence-electron chi connectivity index (χ4n) is 2.50. The first-order chi connectivity index (χ1) is 8.40. The van der Waals surface area contributed by atoms with Crippen molar-refractivity contribution < 1.29 is 0 Å². The Labute approximate surface area is 110 Å². The molecular weight excluding hydrogens is 226 g/mol. The van der Waals surface area contributed by atoms with E-state index in [1.165, 1.54) is 31.2 Å². The average molecular weight is 249 g/mol.